The summed E-state index contributed by atoms with van der Waals surface area (Å²) in [6, 6.07) is 29.2. The van der Waals surface area contributed by atoms with E-state index in [1.807, 2.05) is 30.3 Å². The normalized spacial score (nSPS) is 14.6. The van der Waals surface area contributed by atoms with Gasteiger partial charge in [-0.3, -0.25) is 9.59 Å². The molecule has 0 saturated heterocycles. The average molecular weight is 639 g/mol. The third-order valence-corrected chi connectivity index (χ3v) is 9.37. The third kappa shape index (κ3) is 7.37. The van der Waals surface area contributed by atoms with Gasteiger partial charge < -0.3 is 15.0 Å². The molecule has 0 bridgehead atoms. The molecule has 8 nitrogen and oxygen atoms in total. The van der Waals surface area contributed by atoms with E-state index in [0.29, 0.717) is 35.0 Å². The molecule has 4 aromatic carbocycles. The first kappa shape index (κ1) is 30.6. The maximum atomic E-state index is 13.9. The van der Waals surface area contributed by atoms with E-state index >= 15 is 0 Å². The van der Waals surface area contributed by atoms with Crippen molar-refractivity contribution in [3.05, 3.63) is 124 Å². The maximum Gasteiger partial charge on any atom is 0.262 e. The van der Waals surface area contributed by atoms with Crippen LogP contribution in [0.5, 0.6) is 5.75 Å². The number of carbonyl (C=O) groups excluding carboxylic acids is 2. The molecule has 1 heterocycles. The minimum Gasteiger partial charge on any atom is -0.477 e. The Bertz CT molecular complexity index is 1700. The Balaban J connectivity index is 1.38. The van der Waals surface area contributed by atoms with Crippen LogP contribution >= 0.6 is 23.2 Å². The second kappa shape index (κ2) is 13.6. The highest BCUT2D eigenvalue weighted by Gasteiger charge is 2.36. The summed E-state index contributed by atoms with van der Waals surface area (Å²) in [5.74, 6) is -0.545. The first-order valence-electron chi connectivity index (χ1n) is 13.6. The number of ether oxygens (including phenoxy) is 1. The van der Waals surface area contributed by atoms with Gasteiger partial charge in [0.05, 0.1) is 23.7 Å². The van der Waals surface area contributed by atoms with Gasteiger partial charge in [0.2, 0.25) is 15.9 Å². The molecule has 43 heavy (non-hydrogen) atoms. The van der Waals surface area contributed by atoms with Crippen LogP contribution in [0.15, 0.2) is 108 Å². The predicted octanol–water partition coefficient (Wildman–Crippen LogP) is 5.34. The minimum atomic E-state index is -4.12. The van der Waals surface area contributed by atoms with Gasteiger partial charge >= 0.3 is 0 Å². The molecule has 0 saturated carbocycles. The van der Waals surface area contributed by atoms with Gasteiger partial charge in [0.25, 0.3) is 5.91 Å². The van der Waals surface area contributed by atoms with E-state index in [2.05, 4.69) is 5.32 Å². The van der Waals surface area contributed by atoms with Crippen molar-refractivity contribution in [3.63, 3.8) is 0 Å². The van der Waals surface area contributed by atoms with E-state index in [-0.39, 0.29) is 28.9 Å². The van der Waals surface area contributed by atoms with Crippen LogP contribution in [0.4, 0.5) is 5.69 Å². The summed E-state index contributed by atoms with van der Waals surface area (Å²) in [6.07, 6.45) is -0.350. The largest absolute Gasteiger partial charge is 0.477 e. The summed E-state index contributed by atoms with van der Waals surface area (Å²) < 4.78 is 34.6. The summed E-state index contributed by atoms with van der Waals surface area (Å²) in [7, 11) is -4.12. The van der Waals surface area contributed by atoms with E-state index in [0.717, 1.165) is 9.87 Å². The summed E-state index contributed by atoms with van der Waals surface area (Å²) >= 11 is 12.4. The molecule has 1 N–H and O–H groups in total. The number of halogens is 2. The molecule has 0 spiro atoms. The Labute approximate surface area is 260 Å². The zero-order chi connectivity index (χ0) is 30.4. The molecule has 222 valence electrons. The Hall–Kier alpha value is -3.89. The van der Waals surface area contributed by atoms with Gasteiger partial charge in [0, 0.05) is 23.1 Å². The van der Waals surface area contributed by atoms with Crippen LogP contribution in [-0.4, -0.2) is 50.3 Å². The highest BCUT2D eigenvalue weighted by molar-refractivity contribution is 7.89. The van der Waals surface area contributed by atoms with Crippen LogP contribution in [0.25, 0.3) is 0 Å². The van der Waals surface area contributed by atoms with Gasteiger partial charge in [0.1, 0.15) is 5.75 Å². The summed E-state index contributed by atoms with van der Waals surface area (Å²) in [4.78, 5) is 28.5. The number of rotatable bonds is 10. The van der Waals surface area contributed by atoms with Crippen molar-refractivity contribution in [1.29, 1.82) is 0 Å². The fourth-order valence-electron chi connectivity index (χ4n) is 4.74. The van der Waals surface area contributed by atoms with Gasteiger partial charge in [-0.2, -0.15) is 4.31 Å². The van der Waals surface area contributed by atoms with Crippen LogP contribution in [0, 0.1) is 0 Å². The molecule has 0 aliphatic carbocycles. The molecule has 2 amide bonds. The van der Waals surface area contributed by atoms with Gasteiger partial charge in [-0.1, -0.05) is 89.9 Å². The number of para-hydroxylation sites is 2. The van der Waals surface area contributed by atoms with Crippen LogP contribution in [0.1, 0.15) is 11.1 Å². The lowest BCUT2D eigenvalue weighted by Gasteiger charge is -2.35. The van der Waals surface area contributed by atoms with Gasteiger partial charge in [-0.25, -0.2) is 8.42 Å². The molecule has 0 fully saturated rings. The lowest BCUT2D eigenvalue weighted by atomic mass is 10.1. The van der Waals surface area contributed by atoms with E-state index in [1.165, 1.54) is 23.1 Å². The Morgan fingerprint density at radius 3 is 2.30 bits per heavy atom. The Kier molecular flexibility index (Phi) is 9.67. The molecule has 5 rings (SSSR count). The molecular formula is C32H29Cl2N3O5S. The lowest BCUT2D eigenvalue weighted by Crippen LogP contribution is -2.53. The van der Waals surface area contributed by atoms with Crippen molar-refractivity contribution >= 4 is 50.7 Å². The number of benzene rings is 4. The van der Waals surface area contributed by atoms with Crippen molar-refractivity contribution < 1.29 is 22.7 Å². The van der Waals surface area contributed by atoms with E-state index in [1.54, 1.807) is 54.6 Å². The van der Waals surface area contributed by atoms with Crippen molar-refractivity contribution in [2.45, 2.75) is 24.0 Å². The first-order valence-corrected chi connectivity index (χ1v) is 15.8. The number of hydrogen-bond donors (Lipinski definition) is 1. The molecule has 1 aliphatic heterocycles. The number of carbonyl (C=O) groups is 2. The zero-order valence-corrected chi connectivity index (χ0v) is 25.4. The number of amides is 2. The van der Waals surface area contributed by atoms with Gasteiger partial charge in [-0.05, 0) is 53.9 Å². The van der Waals surface area contributed by atoms with Crippen LogP contribution in [0.3, 0.4) is 0 Å². The Morgan fingerprint density at radius 1 is 0.907 bits per heavy atom. The second-order valence-corrected chi connectivity index (χ2v) is 12.7. The fraction of sp³-hybridized carbons (Fsp3) is 0.188. The molecule has 1 atom stereocenters. The maximum absolute atomic E-state index is 13.9. The van der Waals surface area contributed by atoms with E-state index < -0.39 is 28.6 Å². The monoisotopic (exact) mass is 637 g/mol. The Morgan fingerprint density at radius 2 is 1.58 bits per heavy atom. The number of fused-ring (bicyclic) bond motifs is 1. The van der Waals surface area contributed by atoms with Crippen LogP contribution < -0.4 is 15.0 Å². The third-order valence-electron chi connectivity index (χ3n) is 6.98. The van der Waals surface area contributed by atoms with Crippen molar-refractivity contribution in [3.8, 4) is 5.75 Å². The van der Waals surface area contributed by atoms with Crippen molar-refractivity contribution in [1.82, 2.24) is 9.62 Å². The zero-order valence-electron chi connectivity index (χ0n) is 23.0. The average Bonchev–Trinajstić information content (AvgIpc) is 3.02. The minimum absolute atomic E-state index is 0.0333. The summed E-state index contributed by atoms with van der Waals surface area (Å²) in [5.41, 5.74) is 2.01. The molecule has 0 radical (unpaired) electrons. The van der Waals surface area contributed by atoms with Gasteiger partial charge in [-0.15, -0.1) is 0 Å². The summed E-state index contributed by atoms with van der Waals surface area (Å²) in [6.45, 7) is -0.377. The highest BCUT2D eigenvalue weighted by Crippen LogP contribution is 2.34. The van der Waals surface area contributed by atoms with Gasteiger partial charge in [0.15, 0.2) is 6.10 Å². The number of anilines is 1. The molecule has 4 aromatic rings. The van der Waals surface area contributed by atoms with E-state index in [4.69, 9.17) is 27.9 Å². The lowest BCUT2D eigenvalue weighted by molar-refractivity contribution is -0.128. The van der Waals surface area contributed by atoms with Crippen molar-refractivity contribution in [2.75, 3.05) is 24.5 Å². The standard InChI is InChI=1S/C32H29Cl2N3O5S/c33-25-16-15-24(27(34)19-25)20-36(43(40,41)26-11-5-2-6-12-26)22-31(38)37-21-30(42-29-14-8-7-13-28(29)37)32(39)35-18-17-23-9-3-1-4-10-23/h1-16,19,30H,17-18,20-22H2,(H,35,39)/t30-/m0/s1. The fourth-order valence-corrected chi connectivity index (χ4v) is 6.60. The first-order chi connectivity index (χ1) is 20.7. The molecular weight excluding hydrogens is 609 g/mol. The quantitative estimate of drug-likeness (QED) is 0.253. The number of sulfonamides is 1. The summed E-state index contributed by atoms with van der Waals surface area (Å²) in [5, 5.41) is 3.57. The SMILES string of the molecule is O=C(NCCc1ccccc1)[C@@H]1CN(C(=O)CN(Cc2ccc(Cl)cc2Cl)S(=O)(=O)c2ccccc2)c2ccccc2O1. The molecule has 0 unspecified atom stereocenters. The van der Waals surface area contributed by atoms with Crippen LogP contribution in [-0.2, 0) is 32.6 Å². The van der Waals surface area contributed by atoms with Crippen molar-refractivity contribution in [2.24, 2.45) is 0 Å². The topological polar surface area (TPSA) is 96.0 Å². The number of hydrogen-bond acceptors (Lipinski definition) is 5. The second-order valence-electron chi connectivity index (χ2n) is 9.93. The number of nitrogens with one attached hydrogen (secondary N) is 1. The predicted molar refractivity (Wildman–Crippen MR) is 167 cm³/mol. The molecule has 11 heteroatoms. The molecule has 0 aromatic heterocycles. The van der Waals surface area contributed by atoms with E-state index in [9.17, 15) is 18.0 Å². The molecule has 1 aliphatic rings. The number of nitrogens with zero attached hydrogens (tertiary/aromatic N) is 2. The smallest absolute Gasteiger partial charge is 0.262 e. The van der Waals surface area contributed by atoms with Crippen LogP contribution in [0.2, 0.25) is 10.0 Å². The highest BCUT2D eigenvalue weighted by atomic mass is 35.5.